The molecule has 1 aliphatic rings. The number of thiazole rings is 1. The van der Waals surface area contributed by atoms with Gasteiger partial charge in [0.2, 0.25) is 0 Å². The molecule has 7 heteroatoms. The summed E-state index contributed by atoms with van der Waals surface area (Å²) in [6, 6.07) is 23.9. The minimum Gasteiger partial charge on any atom is -0.841 e. The van der Waals surface area contributed by atoms with Crippen LogP contribution in [0.5, 0.6) is 5.88 Å². The van der Waals surface area contributed by atoms with Crippen molar-refractivity contribution in [2.75, 3.05) is 17.3 Å². The molecule has 0 saturated carbocycles. The number of fused-ring (bicyclic) bond motifs is 1. The van der Waals surface area contributed by atoms with E-state index in [-0.39, 0.29) is 17.4 Å². The molecule has 3 aromatic carbocycles. The van der Waals surface area contributed by atoms with E-state index in [1.807, 2.05) is 67.4 Å². The number of hydrogen-bond acceptors (Lipinski definition) is 4. The average molecular weight is 472 g/mol. The third kappa shape index (κ3) is 3.64. The lowest BCUT2D eigenvalue weighted by molar-refractivity contribution is -0.728. The molecule has 0 fully saturated rings. The Morgan fingerprint density at radius 2 is 1.62 bits per heavy atom. The van der Waals surface area contributed by atoms with Crippen molar-refractivity contribution in [1.29, 1.82) is 0 Å². The van der Waals surface area contributed by atoms with Crippen LogP contribution >= 0.6 is 11.3 Å². The molecule has 0 spiro atoms. The normalized spacial score (nSPS) is 15.3. The van der Waals surface area contributed by atoms with Crippen LogP contribution in [0.3, 0.4) is 0 Å². The maximum absolute atomic E-state index is 15.1. The maximum atomic E-state index is 15.1. The molecule has 1 N–H and O–H groups in total. The summed E-state index contributed by atoms with van der Waals surface area (Å²) in [5.41, 5.74) is 2.66. The molecule has 1 atom stereocenters. The van der Waals surface area contributed by atoms with Gasteiger partial charge in [0.15, 0.2) is 6.04 Å². The Balaban J connectivity index is 1.71. The van der Waals surface area contributed by atoms with Gasteiger partial charge in [-0.2, -0.15) is 0 Å². The van der Waals surface area contributed by atoms with E-state index in [9.17, 15) is 9.90 Å². The van der Waals surface area contributed by atoms with E-state index >= 15 is 4.39 Å². The quantitative estimate of drug-likeness (QED) is 0.432. The highest BCUT2D eigenvalue weighted by Gasteiger charge is 2.43. The first-order valence-corrected chi connectivity index (χ1v) is 11.6. The van der Waals surface area contributed by atoms with E-state index in [4.69, 9.17) is 0 Å². The van der Waals surface area contributed by atoms with E-state index in [0.29, 0.717) is 27.0 Å². The summed E-state index contributed by atoms with van der Waals surface area (Å²) in [6.45, 7) is 1.82. The molecule has 0 saturated heterocycles. The lowest BCUT2D eigenvalue weighted by Crippen LogP contribution is -2.52. The van der Waals surface area contributed by atoms with Gasteiger partial charge in [0.1, 0.15) is 17.1 Å². The molecule has 0 bridgehead atoms. The minimum absolute atomic E-state index is 0.260. The van der Waals surface area contributed by atoms with E-state index in [0.717, 1.165) is 5.56 Å². The predicted octanol–water partition coefficient (Wildman–Crippen LogP) is 4.87. The molecule has 34 heavy (non-hydrogen) atoms. The number of nitrogens with one attached hydrogen (secondary N) is 1. The van der Waals surface area contributed by atoms with Crippen molar-refractivity contribution in [1.82, 2.24) is 0 Å². The van der Waals surface area contributed by atoms with Crippen LogP contribution in [0.25, 0.3) is 10.4 Å². The van der Waals surface area contributed by atoms with Crippen LogP contribution in [0, 0.1) is 5.82 Å². The highest BCUT2D eigenvalue weighted by atomic mass is 32.1. The predicted molar refractivity (Wildman–Crippen MR) is 130 cm³/mol. The fraction of sp³-hybridized carbons (Fsp3) is 0.111. The van der Waals surface area contributed by atoms with Gasteiger partial charge in [0, 0.05) is 11.3 Å². The molecule has 0 radical (unpaired) electrons. The van der Waals surface area contributed by atoms with Gasteiger partial charge in [-0.15, -0.1) is 0 Å². The van der Waals surface area contributed by atoms with Gasteiger partial charge in [-0.05, 0) is 42.0 Å². The van der Waals surface area contributed by atoms with Crippen molar-refractivity contribution in [2.45, 2.75) is 13.0 Å². The van der Waals surface area contributed by atoms with Gasteiger partial charge in [0.05, 0.1) is 17.8 Å². The topological polar surface area (TPSA) is 59.3 Å². The smallest absolute Gasteiger partial charge is 0.341 e. The monoisotopic (exact) mass is 471 g/mol. The first kappa shape index (κ1) is 21.9. The molecular weight excluding hydrogens is 449 g/mol. The number of para-hydroxylation sites is 1. The van der Waals surface area contributed by atoms with Crippen LogP contribution < -0.4 is 19.9 Å². The number of anilines is 2. The van der Waals surface area contributed by atoms with Crippen molar-refractivity contribution in [3.8, 4) is 16.3 Å². The highest BCUT2D eigenvalue weighted by molar-refractivity contribution is 7.18. The number of benzene rings is 3. The molecule has 4 aromatic rings. The van der Waals surface area contributed by atoms with Gasteiger partial charge >= 0.3 is 5.13 Å². The Bertz CT molecular complexity index is 1400. The van der Waals surface area contributed by atoms with Gasteiger partial charge < -0.3 is 10.4 Å². The Labute approximate surface area is 201 Å². The van der Waals surface area contributed by atoms with Crippen LogP contribution in [-0.4, -0.2) is 13.0 Å². The number of amides is 1. The zero-order valence-electron chi connectivity index (χ0n) is 18.7. The summed E-state index contributed by atoms with van der Waals surface area (Å²) in [5, 5.41) is 17.3. The van der Waals surface area contributed by atoms with Crippen LogP contribution in [0.4, 0.5) is 15.2 Å². The fourth-order valence-electron chi connectivity index (χ4n) is 4.26. The third-order valence-corrected chi connectivity index (χ3v) is 7.30. The molecule has 1 unspecified atom stereocenters. The number of nitrogens with zero attached hydrogens (tertiary/aromatic N) is 2. The van der Waals surface area contributed by atoms with Gasteiger partial charge in [0.25, 0.3) is 5.91 Å². The Morgan fingerprint density at radius 1 is 1.00 bits per heavy atom. The molecule has 5 rings (SSSR count). The summed E-state index contributed by atoms with van der Waals surface area (Å²) >= 11 is 1.34. The summed E-state index contributed by atoms with van der Waals surface area (Å²) in [4.78, 5) is 16.0. The summed E-state index contributed by atoms with van der Waals surface area (Å²) in [6.07, 6.45) is 0. The Morgan fingerprint density at radius 3 is 2.29 bits per heavy atom. The molecule has 1 aromatic heterocycles. The molecule has 0 aliphatic carbocycles. The van der Waals surface area contributed by atoms with Crippen molar-refractivity contribution in [3.05, 3.63) is 108 Å². The molecule has 170 valence electrons. The van der Waals surface area contributed by atoms with E-state index < -0.39 is 11.9 Å². The number of rotatable bonds is 4. The van der Waals surface area contributed by atoms with Crippen molar-refractivity contribution < 1.29 is 18.9 Å². The third-order valence-electron chi connectivity index (χ3n) is 6.04. The number of halogens is 1. The first-order chi connectivity index (χ1) is 16.5. The number of allylic oxidation sites excluding steroid dienone is 1. The second-order valence-corrected chi connectivity index (χ2v) is 9.03. The van der Waals surface area contributed by atoms with Crippen LogP contribution in [0.1, 0.15) is 18.5 Å². The lowest BCUT2D eigenvalue weighted by Gasteiger charge is -2.30. The first-order valence-electron chi connectivity index (χ1n) is 10.8. The Hall–Kier alpha value is -3.97. The molecule has 1 amide bonds. The van der Waals surface area contributed by atoms with Crippen molar-refractivity contribution in [3.63, 3.8) is 0 Å². The SMILES string of the molecule is CC1=C(C(=O)Nc2ccccc2)C(c2ccccc2F)[n+]2c(sc(-c3ccccc3)c2[O-])N1C. The van der Waals surface area contributed by atoms with Gasteiger partial charge in [-0.1, -0.05) is 66.7 Å². The number of aromatic nitrogens is 1. The second-order valence-electron chi connectivity index (χ2n) is 8.06. The molecule has 5 nitrogen and oxygen atoms in total. The number of hydrogen-bond donors (Lipinski definition) is 1. The summed E-state index contributed by atoms with van der Waals surface area (Å²) in [7, 11) is 1.82. The zero-order valence-corrected chi connectivity index (χ0v) is 19.5. The standard InChI is InChI=1S/C27H22FN3O2S/c1-17-22(25(32)29-19-13-7-4-8-14-19)23(20-15-9-10-16-21(20)28)31-26(33)24(34-27(31)30(17)2)18-11-5-3-6-12-18/h3-16,23H,1-2H3,(H-,29,32,33). The minimum atomic E-state index is -0.905. The number of carbonyl (C=O) groups is 1. The highest BCUT2D eigenvalue weighted by Crippen LogP contribution is 2.44. The van der Waals surface area contributed by atoms with Crippen LogP contribution in [0.15, 0.2) is 96.2 Å². The van der Waals surface area contributed by atoms with E-state index in [1.165, 1.54) is 17.4 Å². The molecule has 1 aliphatic heterocycles. The summed E-state index contributed by atoms with van der Waals surface area (Å²) < 4.78 is 16.7. The van der Waals surface area contributed by atoms with Crippen molar-refractivity contribution in [2.24, 2.45) is 0 Å². The largest absolute Gasteiger partial charge is 0.841 e. The van der Waals surface area contributed by atoms with E-state index in [1.54, 1.807) is 34.9 Å². The maximum Gasteiger partial charge on any atom is 0.341 e. The van der Waals surface area contributed by atoms with E-state index in [2.05, 4.69) is 5.32 Å². The van der Waals surface area contributed by atoms with Crippen LogP contribution in [0.2, 0.25) is 0 Å². The second kappa shape index (κ2) is 8.76. The van der Waals surface area contributed by atoms with Gasteiger partial charge in [-0.25, -0.2) is 13.9 Å². The van der Waals surface area contributed by atoms with Gasteiger partial charge in [-0.3, -0.25) is 4.79 Å². The van der Waals surface area contributed by atoms with Crippen molar-refractivity contribution >= 4 is 28.1 Å². The Kier molecular flexibility index (Phi) is 5.63. The summed E-state index contributed by atoms with van der Waals surface area (Å²) in [5.74, 6) is -1.11. The fourth-order valence-corrected chi connectivity index (χ4v) is 5.44. The average Bonchev–Trinajstić information content (AvgIpc) is 3.20. The number of carbonyl (C=O) groups excluding carboxylic acids is 1. The van der Waals surface area contributed by atoms with Crippen LogP contribution in [-0.2, 0) is 4.79 Å². The molecule has 2 heterocycles. The zero-order chi connectivity index (χ0) is 23.8. The lowest BCUT2D eigenvalue weighted by atomic mass is 9.93. The molecular formula is C27H22FN3O2S.